The summed E-state index contributed by atoms with van der Waals surface area (Å²) in [7, 11) is 0. The first-order valence-electron chi connectivity index (χ1n) is 8.28. The van der Waals surface area contributed by atoms with Crippen LogP contribution in [0, 0.1) is 3.57 Å². The predicted octanol–water partition coefficient (Wildman–Crippen LogP) is 4.41. The third-order valence-corrected chi connectivity index (χ3v) is 5.50. The first kappa shape index (κ1) is 20.7. The number of likely N-dealkylation sites (N-methyl/N-ethyl adjacent to an activating group) is 1. The molecule has 0 bridgehead atoms. The SMILES string of the molecule is CCN(CC)CCOC(=O)C1(c2ccc(I)cc2)CCCC1.Cl. The van der Waals surface area contributed by atoms with Gasteiger partial charge in [0.2, 0.25) is 0 Å². The lowest BCUT2D eigenvalue weighted by Crippen LogP contribution is -2.37. The number of nitrogens with zero attached hydrogens (tertiary/aromatic N) is 1. The fourth-order valence-corrected chi connectivity index (χ4v) is 3.66. The minimum absolute atomic E-state index is 0. The number of ether oxygens (including phenoxy) is 1. The summed E-state index contributed by atoms with van der Waals surface area (Å²) in [6.07, 6.45) is 4.05. The molecule has 2 rings (SSSR count). The summed E-state index contributed by atoms with van der Waals surface area (Å²) in [5, 5.41) is 0. The summed E-state index contributed by atoms with van der Waals surface area (Å²) in [6.45, 7) is 7.57. The van der Waals surface area contributed by atoms with Crippen molar-refractivity contribution in [3.05, 3.63) is 33.4 Å². The van der Waals surface area contributed by atoms with E-state index in [4.69, 9.17) is 4.74 Å². The van der Waals surface area contributed by atoms with Gasteiger partial charge in [0.15, 0.2) is 0 Å². The molecule has 1 saturated carbocycles. The van der Waals surface area contributed by atoms with E-state index in [2.05, 4.69) is 65.6 Å². The van der Waals surface area contributed by atoms with Gasteiger partial charge in [-0.15, -0.1) is 12.4 Å². The summed E-state index contributed by atoms with van der Waals surface area (Å²) in [5.41, 5.74) is 0.714. The van der Waals surface area contributed by atoms with Crippen LogP contribution in [0.25, 0.3) is 0 Å². The highest BCUT2D eigenvalue weighted by molar-refractivity contribution is 14.1. The molecule has 23 heavy (non-hydrogen) atoms. The maximum atomic E-state index is 12.8. The van der Waals surface area contributed by atoms with Gasteiger partial charge >= 0.3 is 5.97 Å². The van der Waals surface area contributed by atoms with Gasteiger partial charge in [-0.2, -0.15) is 0 Å². The molecule has 0 saturated heterocycles. The highest BCUT2D eigenvalue weighted by atomic mass is 127. The van der Waals surface area contributed by atoms with E-state index >= 15 is 0 Å². The van der Waals surface area contributed by atoms with E-state index in [1.807, 2.05) is 0 Å². The molecule has 0 aromatic heterocycles. The van der Waals surface area contributed by atoms with E-state index in [0.717, 1.165) is 50.9 Å². The Kier molecular flexibility index (Phi) is 8.86. The number of benzene rings is 1. The number of halogens is 2. The number of carbonyl (C=O) groups excluding carboxylic acids is 1. The number of carbonyl (C=O) groups is 1. The molecule has 0 amide bonds. The highest BCUT2D eigenvalue weighted by Crippen LogP contribution is 2.42. The number of hydrogen-bond acceptors (Lipinski definition) is 3. The normalized spacial score (nSPS) is 16.2. The molecule has 0 heterocycles. The zero-order valence-corrected chi connectivity index (χ0v) is 17.0. The van der Waals surface area contributed by atoms with Crippen molar-refractivity contribution in [2.75, 3.05) is 26.2 Å². The van der Waals surface area contributed by atoms with Crippen LogP contribution in [0.2, 0.25) is 0 Å². The van der Waals surface area contributed by atoms with Crippen LogP contribution in [0.5, 0.6) is 0 Å². The highest BCUT2D eigenvalue weighted by Gasteiger charge is 2.44. The van der Waals surface area contributed by atoms with Crippen molar-refractivity contribution in [3.63, 3.8) is 0 Å². The minimum atomic E-state index is -0.409. The van der Waals surface area contributed by atoms with Crippen LogP contribution >= 0.6 is 35.0 Å². The van der Waals surface area contributed by atoms with Crippen LogP contribution in [0.4, 0.5) is 0 Å². The van der Waals surface area contributed by atoms with Crippen LogP contribution in [-0.2, 0) is 14.9 Å². The maximum Gasteiger partial charge on any atom is 0.316 e. The molecule has 0 radical (unpaired) electrons. The summed E-state index contributed by atoms with van der Waals surface area (Å²) in [5.74, 6) is -0.0293. The van der Waals surface area contributed by atoms with Crippen molar-refractivity contribution in [3.8, 4) is 0 Å². The van der Waals surface area contributed by atoms with Gasteiger partial charge in [-0.1, -0.05) is 38.8 Å². The standard InChI is InChI=1S/C18H26INO2.ClH/c1-3-20(4-2)13-14-22-17(21)18(11-5-6-12-18)15-7-9-16(19)10-8-15;/h7-10H,3-6,11-14H2,1-2H3;1H. The van der Waals surface area contributed by atoms with Gasteiger partial charge in [0, 0.05) is 10.1 Å². The molecule has 1 aliphatic carbocycles. The third-order valence-electron chi connectivity index (χ3n) is 4.78. The molecular formula is C18H27ClINO2. The van der Waals surface area contributed by atoms with E-state index in [1.165, 1.54) is 3.57 Å². The second-order valence-electron chi connectivity index (χ2n) is 5.96. The third kappa shape index (κ3) is 5.07. The van der Waals surface area contributed by atoms with Gasteiger partial charge in [0.05, 0.1) is 5.41 Å². The number of esters is 1. The molecule has 0 atom stereocenters. The van der Waals surface area contributed by atoms with Gasteiger partial charge < -0.3 is 9.64 Å². The molecule has 1 aromatic carbocycles. The fourth-order valence-electron chi connectivity index (χ4n) is 3.30. The lowest BCUT2D eigenvalue weighted by molar-refractivity contribution is -0.151. The molecular weight excluding hydrogens is 425 g/mol. The zero-order valence-electron chi connectivity index (χ0n) is 14.0. The Morgan fingerprint density at radius 3 is 2.26 bits per heavy atom. The van der Waals surface area contributed by atoms with Crippen LogP contribution in [0.15, 0.2) is 24.3 Å². The molecule has 130 valence electrons. The van der Waals surface area contributed by atoms with Crippen molar-refractivity contribution in [2.45, 2.75) is 44.9 Å². The molecule has 0 unspecified atom stereocenters. The predicted molar refractivity (Wildman–Crippen MR) is 105 cm³/mol. The van der Waals surface area contributed by atoms with Gasteiger partial charge in [0.1, 0.15) is 6.61 Å². The van der Waals surface area contributed by atoms with Crippen molar-refractivity contribution >= 4 is 41.0 Å². The molecule has 0 spiro atoms. The fraction of sp³-hybridized carbons (Fsp3) is 0.611. The number of hydrogen-bond donors (Lipinski definition) is 0. The molecule has 0 aliphatic heterocycles. The van der Waals surface area contributed by atoms with E-state index < -0.39 is 5.41 Å². The van der Waals surface area contributed by atoms with Crippen LogP contribution in [0.1, 0.15) is 45.1 Å². The Labute approximate surface area is 159 Å². The van der Waals surface area contributed by atoms with E-state index in [1.54, 1.807) is 0 Å². The summed E-state index contributed by atoms with van der Waals surface area (Å²) < 4.78 is 6.86. The molecule has 3 nitrogen and oxygen atoms in total. The van der Waals surface area contributed by atoms with Crippen molar-refractivity contribution in [2.24, 2.45) is 0 Å². The lowest BCUT2D eigenvalue weighted by Gasteiger charge is -2.28. The number of rotatable bonds is 7. The summed E-state index contributed by atoms with van der Waals surface area (Å²) in [6, 6.07) is 8.36. The Morgan fingerprint density at radius 2 is 1.74 bits per heavy atom. The molecule has 5 heteroatoms. The van der Waals surface area contributed by atoms with Gasteiger partial charge in [0.25, 0.3) is 0 Å². The van der Waals surface area contributed by atoms with Gasteiger partial charge in [-0.3, -0.25) is 4.79 Å². The van der Waals surface area contributed by atoms with Crippen molar-refractivity contribution in [1.82, 2.24) is 4.90 Å². The second-order valence-corrected chi connectivity index (χ2v) is 7.20. The Bertz CT molecular complexity index is 482. The molecule has 0 N–H and O–H groups in total. The molecule has 1 fully saturated rings. The average molecular weight is 452 g/mol. The van der Waals surface area contributed by atoms with Crippen molar-refractivity contribution < 1.29 is 9.53 Å². The Balaban J connectivity index is 0.00000264. The van der Waals surface area contributed by atoms with E-state index in [0.29, 0.717) is 6.61 Å². The largest absolute Gasteiger partial charge is 0.464 e. The Hall–Kier alpha value is -0.330. The first-order chi connectivity index (χ1) is 10.6. The lowest BCUT2D eigenvalue weighted by atomic mass is 9.79. The van der Waals surface area contributed by atoms with Crippen LogP contribution in [0.3, 0.4) is 0 Å². The second kappa shape index (κ2) is 9.84. The topological polar surface area (TPSA) is 29.5 Å². The Morgan fingerprint density at radius 1 is 1.17 bits per heavy atom. The van der Waals surface area contributed by atoms with Crippen molar-refractivity contribution in [1.29, 1.82) is 0 Å². The van der Waals surface area contributed by atoms with Crippen LogP contribution in [-0.4, -0.2) is 37.1 Å². The van der Waals surface area contributed by atoms with Gasteiger partial charge in [-0.05, 0) is 66.2 Å². The zero-order chi connectivity index (χ0) is 16.0. The monoisotopic (exact) mass is 451 g/mol. The van der Waals surface area contributed by atoms with Crippen LogP contribution < -0.4 is 0 Å². The molecule has 1 aliphatic rings. The smallest absolute Gasteiger partial charge is 0.316 e. The van der Waals surface area contributed by atoms with E-state index in [9.17, 15) is 4.79 Å². The quantitative estimate of drug-likeness (QED) is 0.454. The summed E-state index contributed by atoms with van der Waals surface area (Å²) >= 11 is 2.30. The van der Waals surface area contributed by atoms with Gasteiger partial charge in [-0.25, -0.2) is 0 Å². The van der Waals surface area contributed by atoms with E-state index in [-0.39, 0.29) is 18.4 Å². The maximum absolute atomic E-state index is 12.8. The minimum Gasteiger partial charge on any atom is -0.464 e. The average Bonchev–Trinajstić information content (AvgIpc) is 3.03. The summed E-state index contributed by atoms with van der Waals surface area (Å²) in [4.78, 5) is 15.0. The molecule has 1 aromatic rings. The first-order valence-corrected chi connectivity index (χ1v) is 9.36.